The van der Waals surface area contributed by atoms with Gasteiger partial charge in [0.1, 0.15) is 0 Å². The number of methoxy groups -OCH3 is 2. The van der Waals surface area contributed by atoms with Crippen molar-refractivity contribution in [3.05, 3.63) is 53.4 Å². The minimum atomic E-state index is -0.0293. The van der Waals surface area contributed by atoms with Crippen molar-refractivity contribution in [1.82, 2.24) is 10.1 Å². The van der Waals surface area contributed by atoms with Crippen LogP contribution in [0.2, 0.25) is 0 Å². The van der Waals surface area contributed by atoms with Gasteiger partial charge in [-0.2, -0.15) is 4.98 Å². The van der Waals surface area contributed by atoms with Crippen molar-refractivity contribution in [3.63, 3.8) is 0 Å². The second kappa shape index (κ2) is 9.23. The Balaban J connectivity index is 1.55. The number of hydrogen-bond donors (Lipinski definition) is 1. The van der Waals surface area contributed by atoms with Gasteiger partial charge in [0.25, 0.3) is 0 Å². The van der Waals surface area contributed by atoms with Gasteiger partial charge in [-0.3, -0.25) is 4.79 Å². The standard InChI is InChI=1S/C22H25N3O4/c1-14-7-5-8-17(15(14)2)23-20(26)9-6-10-21-24-22(25-29-21)16-11-12-18(27-3)19(13-16)28-4/h5,7-8,11-13H,6,9-10H2,1-4H3,(H,23,26). The maximum absolute atomic E-state index is 12.2. The first-order chi connectivity index (χ1) is 14.0. The number of hydrogen-bond acceptors (Lipinski definition) is 6. The zero-order valence-corrected chi connectivity index (χ0v) is 17.1. The first-order valence-electron chi connectivity index (χ1n) is 9.43. The van der Waals surface area contributed by atoms with Crippen molar-refractivity contribution < 1.29 is 18.8 Å². The second-order valence-corrected chi connectivity index (χ2v) is 6.73. The molecule has 1 heterocycles. The van der Waals surface area contributed by atoms with Gasteiger partial charge >= 0.3 is 0 Å². The first-order valence-corrected chi connectivity index (χ1v) is 9.43. The van der Waals surface area contributed by atoms with Gasteiger partial charge in [-0.15, -0.1) is 0 Å². The summed E-state index contributed by atoms with van der Waals surface area (Å²) in [6.07, 6.45) is 1.52. The molecule has 7 heteroatoms. The zero-order valence-electron chi connectivity index (χ0n) is 17.1. The molecular weight excluding hydrogens is 370 g/mol. The lowest BCUT2D eigenvalue weighted by Gasteiger charge is -2.09. The maximum atomic E-state index is 12.2. The van der Waals surface area contributed by atoms with Crippen LogP contribution in [0.4, 0.5) is 5.69 Å². The molecule has 0 fully saturated rings. The molecule has 0 aliphatic heterocycles. The van der Waals surface area contributed by atoms with Gasteiger partial charge in [0.05, 0.1) is 14.2 Å². The molecule has 0 unspecified atom stereocenters. The van der Waals surface area contributed by atoms with Crippen molar-refractivity contribution in [2.24, 2.45) is 0 Å². The highest BCUT2D eigenvalue weighted by Gasteiger charge is 2.13. The van der Waals surface area contributed by atoms with Crippen molar-refractivity contribution in [1.29, 1.82) is 0 Å². The van der Waals surface area contributed by atoms with E-state index in [-0.39, 0.29) is 5.91 Å². The highest BCUT2D eigenvalue weighted by Crippen LogP contribution is 2.31. The molecule has 152 valence electrons. The maximum Gasteiger partial charge on any atom is 0.226 e. The molecule has 2 aromatic carbocycles. The molecule has 1 aromatic heterocycles. The molecule has 0 saturated heterocycles. The number of benzene rings is 2. The fourth-order valence-corrected chi connectivity index (χ4v) is 2.95. The number of anilines is 1. The summed E-state index contributed by atoms with van der Waals surface area (Å²) in [7, 11) is 3.16. The average molecular weight is 395 g/mol. The number of carbonyl (C=O) groups is 1. The van der Waals surface area contributed by atoms with E-state index in [0.29, 0.717) is 42.5 Å². The van der Waals surface area contributed by atoms with Crippen LogP contribution in [-0.4, -0.2) is 30.3 Å². The summed E-state index contributed by atoms with van der Waals surface area (Å²) in [6, 6.07) is 11.3. The van der Waals surface area contributed by atoms with E-state index in [4.69, 9.17) is 14.0 Å². The predicted octanol–water partition coefficient (Wildman–Crippen LogP) is 4.33. The molecule has 1 amide bonds. The SMILES string of the molecule is COc1ccc(-c2noc(CCCC(=O)Nc3cccc(C)c3C)n2)cc1OC. The Hall–Kier alpha value is -3.35. The summed E-state index contributed by atoms with van der Waals surface area (Å²) in [5.41, 5.74) is 3.85. The fourth-order valence-electron chi connectivity index (χ4n) is 2.95. The lowest BCUT2D eigenvalue weighted by Crippen LogP contribution is -2.12. The number of rotatable bonds is 8. The Kier molecular flexibility index (Phi) is 6.49. The van der Waals surface area contributed by atoms with Gasteiger partial charge in [0.15, 0.2) is 11.5 Å². The summed E-state index contributed by atoms with van der Waals surface area (Å²) >= 11 is 0. The summed E-state index contributed by atoms with van der Waals surface area (Å²) < 4.78 is 15.9. The van der Waals surface area contributed by atoms with Crippen molar-refractivity contribution in [2.75, 3.05) is 19.5 Å². The predicted molar refractivity (Wildman–Crippen MR) is 110 cm³/mol. The molecule has 0 saturated carbocycles. The van der Waals surface area contributed by atoms with Gasteiger partial charge in [-0.1, -0.05) is 17.3 Å². The zero-order chi connectivity index (χ0) is 20.8. The molecule has 0 radical (unpaired) electrons. The van der Waals surface area contributed by atoms with E-state index in [1.54, 1.807) is 26.4 Å². The summed E-state index contributed by atoms with van der Waals surface area (Å²) in [4.78, 5) is 16.6. The summed E-state index contributed by atoms with van der Waals surface area (Å²) in [6.45, 7) is 4.02. The van der Waals surface area contributed by atoms with Crippen LogP contribution >= 0.6 is 0 Å². The summed E-state index contributed by atoms with van der Waals surface area (Å²) in [5.74, 6) is 2.17. The van der Waals surface area contributed by atoms with Crippen LogP contribution in [0.5, 0.6) is 11.5 Å². The molecule has 3 aromatic rings. The molecule has 1 N–H and O–H groups in total. The molecule has 29 heavy (non-hydrogen) atoms. The highest BCUT2D eigenvalue weighted by molar-refractivity contribution is 5.91. The smallest absolute Gasteiger partial charge is 0.226 e. The van der Waals surface area contributed by atoms with E-state index in [1.807, 2.05) is 38.1 Å². The van der Waals surface area contributed by atoms with E-state index >= 15 is 0 Å². The highest BCUT2D eigenvalue weighted by atomic mass is 16.5. The molecule has 0 aliphatic carbocycles. The quantitative estimate of drug-likeness (QED) is 0.611. The second-order valence-electron chi connectivity index (χ2n) is 6.73. The Bertz CT molecular complexity index is 997. The fraction of sp³-hybridized carbons (Fsp3) is 0.318. The van der Waals surface area contributed by atoms with Gasteiger partial charge in [-0.25, -0.2) is 0 Å². The van der Waals surface area contributed by atoms with Crippen LogP contribution in [0.25, 0.3) is 11.4 Å². The average Bonchev–Trinajstić information content (AvgIpc) is 3.19. The number of nitrogens with zero attached hydrogens (tertiary/aromatic N) is 2. The number of ether oxygens (including phenoxy) is 2. The van der Waals surface area contributed by atoms with Crippen molar-refractivity contribution >= 4 is 11.6 Å². The Labute approximate surface area is 170 Å². The number of amides is 1. The van der Waals surface area contributed by atoms with E-state index in [9.17, 15) is 4.79 Å². The van der Waals surface area contributed by atoms with Crippen LogP contribution in [-0.2, 0) is 11.2 Å². The van der Waals surface area contributed by atoms with Crippen molar-refractivity contribution in [3.8, 4) is 22.9 Å². The molecule has 3 rings (SSSR count). The molecule has 0 aliphatic rings. The molecule has 0 atom stereocenters. The Morgan fingerprint density at radius 1 is 1.10 bits per heavy atom. The lowest BCUT2D eigenvalue weighted by atomic mass is 10.1. The monoisotopic (exact) mass is 395 g/mol. The van der Waals surface area contributed by atoms with Crippen LogP contribution in [0.3, 0.4) is 0 Å². The summed E-state index contributed by atoms with van der Waals surface area (Å²) in [5, 5.41) is 6.98. The Morgan fingerprint density at radius 3 is 2.66 bits per heavy atom. The number of nitrogens with one attached hydrogen (secondary N) is 1. The topological polar surface area (TPSA) is 86.5 Å². The van der Waals surface area contributed by atoms with Crippen molar-refractivity contribution in [2.45, 2.75) is 33.1 Å². The molecule has 0 spiro atoms. The van der Waals surface area contributed by atoms with E-state index < -0.39 is 0 Å². The third-order valence-electron chi connectivity index (χ3n) is 4.78. The Morgan fingerprint density at radius 2 is 1.90 bits per heavy atom. The van der Waals surface area contributed by atoms with E-state index in [2.05, 4.69) is 15.5 Å². The number of aromatic nitrogens is 2. The molecule has 7 nitrogen and oxygen atoms in total. The lowest BCUT2D eigenvalue weighted by molar-refractivity contribution is -0.116. The van der Waals surface area contributed by atoms with Crippen LogP contribution in [0.1, 0.15) is 29.9 Å². The number of aryl methyl sites for hydroxylation is 2. The van der Waals surface area contributed by atoms with Gasteiger partial charge in [0.2, 0.25) is 17.6 Å². The normalized spacial score (nSPS) is 10.6. The molecular formula is C22H25N3O4. The van der Waals surface area contributed by atoms with Crippen LogP contribution in [0.15, 0.2) is 40.9 Å². The van der Waals surface area contributed by atoms with Gasteiger partial charge < -0.3 is 19.3 Å². The number of carbonyl (C=O) groups excluding carboxylic acids is 1. The minimum Gasteiger partial charge on any atom is -0.493 e. The minimum absolute atomic E-state index is 0.0293. The third-order valence-corrected chi connectivity index (χ3v) is 4.78. The third kappa shape index (κ3) is 4.93. The van der Waals surface area contributed by atoms with Gasteiger partial charge in [0, 0.05) is 24.1 Å². The van der Waals surface area contributed by atoms with Gasteiger partial charge in [-0.05, 0) is 55.7 Å². The van der Waals surface area contributed by atoms with Crippen LogP contribution in [0, 0.1) is 13.8 Å². The van der Waals surface area contributed by atoms with E-state index in [1.165, 1.54) is 0 Å². The molecule has 0 bridgehead atoms. The largest absolute Gasteiger partial charge is 0.493 e. The first kappa shape index (κ1) is 20.4. The van der Waals surface area contributed by atoms with Crippen LogP contribution < -0.4 is 14.8 Å². The van der Waals surface area contributed by atoms with E-state index in [0.717, 1.165) is 22.4 Å².